The fourth-order valence-corrected chi connectivity index (χ4v) is 2.64. The average Bonchev–Trinajstić information content (AvgIpc) is 2.75. The smallest absolute Gasteiger partial charge is 0.293 e. The summed E-state index contributed by atoms with van der Waals surface area (Å²) in [5.74, 6) is -0.286. The number of thioether (sulfide) groups is 1. The molecule has 6 nitrogen and oxygen atoms in total. The van der Waals surface area contributed by atoms with Crippen molar-refractivity contribution in [2.24, 2.45) is 0 Å². The van der Waals surface area contributed by atoms with Crippen molar-refractivity contribution < 1.29 is 9.59 Å². The van der Waals surface area contributed by atoms with Crippen LogP contribution in [-0.4, -0.2) is 46.3 Å². The number of amides is 2. The van der Waals surface area contributed by atoms with E-state index in [-0.39, 0.29) is 17.7 Å². The molecule has 8 heteroatoms. The molecule has 0 aromatic carbocycles. The molecule has 0 bridgehead atoms. The van der Waals surface area contributed by atoms with Gasteiger partial charge in [-0.25, -0.2) is 0 Å². The summed E-state index contributed by atoms with van der Waals surface area (Å²) in [6.07, 6.45) is 4.96. The first-order valence-electron chi connectivity index (χ1n) is 6.23. The summed E-state index contributed by atoms with van der Waals surface area (Å²) in [4.78, 5) is 29.6. The Morgan fingerprint density at radius 3 is 3.00 bits per heavy atom. The Labute approximate surface area is 132 Å². The molecule has 2 amide bonds. The van der Waals surface area contributed by atoms with E-state index in [1.165, 1.54) is 4.90 Å². The molecule has 1 fully saturated rings. The molecule has 0 radical (unpaired) electrons. The van der Waals surface area contributed by atoms with Crippen LogP contribution < -0.4 is 10.6 Å². The lowest BCUT2D eigenvalue weighted by Crippen LogP contribution is -2.40. The number of thiocarbonyl (C=S) groups is 1. The van der Waals surface area contributed by atoms with Gasteiger partial charge in [-0.1, -0.05) is 6.07 Å². The van der Waals surface area contributed by atoms with Crippen molar-refractivity contribution in [2.45, 2.75) is 0 Å². The maximum atomic E-state index is 12.2. The highest BCUT2D eigenvalue weighted by atomic mass is 32.2. The second-order valence-electron chi connectivity index (χ2n) is 4.13. The summed E-state index contributed by atoms with van der Waals surface area (Å²) < 4.78 is 0. The molecular formula is C13H14N4O2S2. The molecule has 1 aromatic heterocycles. The van der Waals surface area contributed by atoms with Crippen LogP contribution in [0.3, 0.4) is 0 Å². The second kappa shape index (κ2) is 7.19. The van der Waals surface area contributed by atoms with Crippen LogP contribution in [0.1, 0.15) is 5.56 Å². The first-order chi connectivity index (χ1) is 10.1. The maximum Gasteiger partial charge on any atom is 0.293 e. The van der Waals surface area contributed by atoms with Crippen LogP contribution >= 0.6 is 24.0 Å². The molecule has 1 saturated heterocycles. The maximum absolute atomic E-state index is 12.2. The molecule has 2 N–H and O–H groups in total. The van der Waals surface area contributed by atoms with Gasteiger partial charge in [0, 0.05) is 32.5 Å². The number of hydrogen-bond donors (Lipinski definition) is 2. The minimum absolute atomic E-state index is 0.271. The van der Waals surface area contributed by atoms with Gasteiger partial charge in [0.05, 0.1) is 4.91 Å². The zero-order valence-electron chi connectivity index (χ0n) is 11.3. The number of carbonyl (C=O) groups is 2. The molecule has 0 atom stereocenters. The number of nitrogens with zero attached hydrogens (tertiary/aromatic N) is 2. The van der Waals surface area contributed by atoms with Gasteiger partial charge in [-0.2, -0.15) is 0 Å². The summed E-state index contributed by atoms with van der Waals surface area (Å²) in [5.41, 5.74) is 0.789. The standard InChI is InChI=1S/C13H14N4O2S2/c1-14-12(20)16-5-6-17-11(18)10(21-13(17)19)7-9-3-2-4-15-8-9/h2-4,7-8H,5-6H2,1H3,(H2,14,16,20). The predicted molar refractivity (Wildman–Crippen MR) is 86.6 cm³/mol. The number of imide groups is 1. The van der Waals surface area contributed by atoms with Crippen molar-refractivity contribution in [1.29, 1.82) is 0 Å². The Morgan fingerprint density at radius 1 is 1.52 bits per heavy atom. The average molecular weight is 322 g/mol. The van der Waals surface area contributed by atoms with Gasteiger partial charge in [0.15, 0.2) is 5.11 Å². The Kier molecular flexibility index (Phi) is 5.29. The summed E-state index contributed by atoms with van der Waals surface area (Å²) in [6, 6.07) is 3.60. The van der Waals surface area contributed by atoms with Gasteiger partial charge in [0.2, 0.25) is 0 Å². The number of nitrogens with one attached hydrogen (secondary N) is 2. The Morgan fingerprint density at radius 2 is 2.33 bits per heavy atom. The van der Waals surface area contributed by atoms with E-state index < -0.39 is 0 Å². The monoisotopic (exact) mass is 322 g/mol. The molecule has 21 heavy (non-hydrogen) atoms. The zero-order chi connectivity index (χ0) is 15.2. The lowest BCUT2D eigenvalue weighted by molar-refractivity contribution is -0.122. The fourth-order valence-electron chi connectivity index (χ4n) is 1.68. The minimum Gasteiger partial charge on any atom is -0.366 e. The van der Waals surface area contributed by atoms with Crippen LogP contribution in [0, 0.1) is 0 Å². The summed E-state index contributed by atoms with van der Waals surface area (Å²) in [5, 5.41) is 5.87. The highest BCUT2D eigenvalue weighted by molar-refractivity contribution is 8.18. The second-order valence-corrected chi connectivity index (χ2v) is 5.53. The number of hydrogen-bond acceptors (Lipinski definition) is 5. The third-order valence-electron chi connectivity index (χ3n) is 2.70. The first kappa shape index (κ1) is 15.5. The van der Waals surface area contributed by atoms with E-state index in [4.69, 9.17) is 12.2 Å². The number of rotatable bonds is 4. The minimum atomic E-state index is -0.286. The molecule has 0 saturated carbocycles. The van der Waals surface area contributed by atoms with E-state index in [0.29, 0.717) is 16.6 Å². The molecule has 1 aliphatic heterocycles. The van der Waals surface area contributed by atoms with Crippen molar-refractivity contribution in [2.75, 3.05) is 20.1 Å². The van der Waals surface area contributed by atoms with Gasteiger partial charge in [-0.15, -0.1) is 0 Å². The Balaban J connectivity index is 2.00. The van der Waals surface area contributed by atoms with Crippen LogP contribution in [0.25, 0.3) is 6.08 Å². The largest absolute Gasteiger partial charge is 0.366 e. The van der Waals surface area contributed by atoms with Gasteiger partial charge < -0.3 is 10.6 Å². The van der Waals surface area contributed by atoms with Crippen LogP contribution in [0.5, 0.6) is 0 Å². The molecule has 2 rings (SSSR count). The van der Waals surface area contributed by atoms with Crippen LogP contribution in [0.2, 0.25) is 0 Å². The van der Waals surface area contributed by atoms with Crippen molar-refractivity contribution in [3.8, 4) is 0 Å². The first-order valence-corrected chi connectivity index (χ1v) is 7.45. The van der Waals surface area contributed by atoms with E-state index in [9.17, 15) is 9.59 Å². The third-order valence-corrected chi connectivity index (χ3v) is 3.96. The van der Waals surface area contributed by atoms with E-state index in [2.05, 4.69) is 15.6 Å². The van der Waals surface area contributed by atoms with Gasteiger partial charge in [-0.3, -0.25) is 19.5 Å². The zero-order valence-corrected chi connectivity index (χ0v) is 13.0. The van der Waals surface area contributed by atoms with Crippen molar-refractivity contribution >= 4 is 46.3 Å². The quantitative estimate of drug-likeness (QED) is 0.637. The third kappa shape index (κ3) is 4.02. The van der Waals surface area contributed by atoms with Crippen molar-refractivity contribution in [1.82, 2.24) is 20.5 Å². The molecule has 0 aliphatic carbocycles. The summed E-state index contributed by atoms with van der Waals surface area (Å²) in [6.45, 7) is 0.689. The van der Waals surface area contributed by atoms with E-state index in [0.717, 1.165) is 17.3 Å². The lowest BCUT2D eigenvalue weighted by atomic mass is 10.2. The van der Waals surface area contributed by atoms with Crippen LogP contribution in [0.15, 0.2) is 29.4 Å². The topological polar surface area (TPSA) is 74.3 Å². The fraction of sp³-hybridized carbons (Fsp3) is 0.231. The van der Waals surface area contributed by atoms with E-state index >= 15 is 0 Å². The number of pyridine rings is 1. The van der Waals surface area contributed by atoms with Crippen LogP contribution in [0.4, 0.5) is 4.79 Å². The molecule has 1 aliphatic rings. The van der Waals surface area contributed by atoms with Crippen LogP contribution in [-0.2, 0) is 4.79 Å². The SMILES string of the molecule is CNC(=S)NCCN1C(=O)SC(=Cc2cccnc2)C1=O. The van der Waals surface area contributed by atoms with Crippen molar-refractivity contribution in [3.05, 3.63) is 35.0 Å². The van der Waals surface area contributed by atoms with Gasteiger partial charge in [-0.05, 0) is 41.7 Å². The summed E-state index contributed by atoms with van der Waals surface area (Å²) >= 11 is 5.87. The summed E-state index contributed by atoms with van der Waals surface area (Å²) in [7, 11) is 1.70. The van der Waals surface area contributed by atoms with E-state index in [1.54, 1.807) is 31.6 Å². The number of aromatic nitrogens is 1. The highest BCUT2D eigenvalue weighted by Crippen LogP contribution is 2.31. The van der Waals surface area contributed by atoms with Gasteiger partial charge in [0.25, 0.3) is 11.1 Å². The van der Waals surface area contributed by atoms with Gasteiger partial charge >= 0.3 is 0 Å². The lowest BCUT2D eigenvalue weighted by Gasteiger charge is -2.13. The predicted octanol–water partition coefficient (Wildman–Crippen LogP) is 1.21. The number of carbonyl (C=O) groups excluding carboxylic acids is 2. The Hall–Kier alpha value is -1.93. The normalized spacial score (nSPS) is 16.4. The van der Waals surface area contributed by atoms with Crippen molar-refractivity contribution in [3.63, 3.8) is 0 Å². The molecule has 0 unspecified atom stereocenters. The highest BCUT2D eigenvalue weighted by Gasteiger charge is 2.34. The molecule has 0 spiro atoms. The molecule has 1 aromatic rings. The van der Waals surface area contributed by atoms with Gasteiger partial charge in [0.1, 0.15) is 0 Å². The molecule has 2 heterocycles. The Bertz CT molecular complexity index is 589. The molecular weight excluding hydrogens is 308 g/mol. The molecule has 110 valence electrons. The van der Waals surface area contributed by atoms with E-state index in [1.807, 2.05) is 6.07 Å².